The number of aliphatic carboxylic acids is 1. The van der Waals surface area contributed by atoms with Crippen LogP contribution in [0.2, 0.25) is 0 Å². The summed E-state index contributed by atoms with van der Waals surface area (Å²) >= 11 is 0. The Hall–Kier alpha value is -2.36. The van der Waals surface area contributed by atoms with Gasteiger partial charge in [-0.1, -0.05) is 132 Å². The number of ether oxygens (including phenoxy) is 1. The average molecular weight is 585 g/mol. The number of carbonyl (C=O) groups excluding carboxylic acids is 1. The third-order valence-corrected chi connectivity index (χ3v) is 7.25. The number of unbranched alkanes of at least 4 members (excludes halogenated alkanes) is 11. The second kappa shape index (κ2) is 33.1. The summed E-state index contributed by atoms with van der Waals surface area (Å²) in [7, 11) is 0. The lowest BCUT2D eigenvalue weighted by Gasteiger charge is -2.18. The van der Waals surface area contributed by atoms with Gasteiger partial charge >= 0.3 is 11.9 Å². The summed E-state index contributed by atoms with van der Waals surface area (Å²) in [4.78, 5) is 23.2. The zero-order chi connectivity index (χ0) is 30.8. The SMILES string of the molecule is CC/C=C\C/C=C\C/C=C\C/C=C\C/C=C\CCCC(=O)OC(CCCCCCCCCC)CCCCCCC(=O)O. The molecule has 0 aliphatic heterocycles. The highest BCUT2D eigenvalue weighted by Crippen LogP contribution is 2.18. The Morgan fingerprint density at radius 3 is 1.50 bits per heavy atom. The topological polar surface area (TPSA) is 63.6 Å². The van der Waals surface area contributed by atoms with Gasteiger partial charge < -0.3 is 9.84 Å². The Bertz CT molecular complexity index is 759. The molecule has 0 radical (unpaired) electrons. The average Bonchev–Trinajstić information content (AvgIpc) is 2.97. The summed E-state index contributed by atoms with van der Waals surface area (Å²) in [6, 6.07) is 0. The molecule has 0 aliphatic rings. The van der Waals surface area contributed by atoms with Crippen molar-refractivity contribution in [2.45, 2.75) is 168 Å². The van der Waals surface area contributed by atoms with E-state index in [1.807, 2.05) is 0 Å². The number of hydrogen-bond acceptors (Lipinski definition) is 3. The van der Waals surface area contributed by atoms with Crippen LogP contribution in [0.1, 0.15) is 162 Å². The molecule has 0 saturated carbocycles. The normalized spacial score (nSPS) is 13.0. The fourth-order valence-corrected chi connectivity index (χ4v) is 4.75. The van der Waals surface area contributed by atoms with Crippen molar-refractivity contribution in [1.82, 2.24) is 0 Å². The Morgan fingerprint density at radius 2 is 1.00 bits per heavy atom. The molecule has 0 saturated heterocycles. The van der Waals surface area contributed by atoms with Crippen LogP contribution in [-0.4, -0.2) is 23.1 Å². The molecule has 0 aliphatic carbocycles. The van der Waals surface area contributed by atoms with Crippen molar-refractivity contribution < 1.29 is 19.4 Å². The van der Waals surface area contributed by atoms with E-state index in [1.54, 1.807) is 0 Å². The third kappa shape index (κ3) is 32.2. The van der Waals surface area contributed by atoms with Crippen LogP contribution in [0.3, 0.4) is 0 Å². The largest absolute Gasteiger partial charge is 0.481 e. The molecule has 0 heterocycles. The molecule has 42 heavy (non-hydrogen) atoms. The molecule has 0 aromatic heterocycles. The van der Waals surface area contributed by atoms with Crippen LogP contribution >= 0.6 is 0 Å². The van der Waals surface area contributed by atoms with Gasteiger partial charge in [0.25, 0.3) is 0 Å². The summed E-state index contributed by atoms with van der Waals surface area (Å²) in [6.07, 6.45) is 45.1. The van der Waals surface area contributed by atoms with Crippen LogP contribution < -0.4 is 0 Å². The highest BCUT2D eigenvalue weighted by molar-refractivity contribution is 5.69. The van der Waals surface area contributed by atoms with Crippen molar-refractivity contribution >= 4 is 11.9 Å². The second-order valence-corrected chi connectivity index (χ2v) is 11.3. The first-order valence-electron chi connectivity index (χ1n) is 17.3. The first-order valence-corrected chi connectivity index (χ1v) is 17.3. The van der Waals surface area contributed by atoms with Gasteiger partial charge in [0.1, 0.15) is 6.10 Å². The van der Waals surface area contributed by atoms with E-state index in [-0.39, 0.29) is 18.5 Å². The van der Waals surface area contributed by atoms with Crippen LogP contribution in [0, 0.1) is 0 Å². The lowest BCUT2D eigenvalue weighted by atomic mass is 10.0. The minimum absolute atomic E-state index is 0.00534. The van der Waals surface area contributed by atoms with Gasteiger partial charge in [-0.15, -0.1) is 0 Å². The van der Waals surface area contributed by atoms with Gasteiger partial charge in [-0.05, 0) is 77.0 Å². The van der Waals surface area contributed by atoms with Crippen molar-refractivity contribution in [1.29, 1.82) is 0 Å². The quantitative estimate of drug-likeness (QED) is 0.0518. The lowest BCUT2D eigenvalue weighted by molar-refractivity contribution is -0.150. The second-order valence-electron chi connectivity index (χ2n) is 11.3. The Morgan fingerprint density at radius 1 is 0.548 bits per heavy atom. The predicted octanol–water partition coefficient (Wildman–Crippen LogP) is 11.8. The van der Waals surface area contributed by atoms with E-state index < -0.39 is 5.97 Å². The van der Waals surface area contributed by atoms with Gasteiger partial charge in [-0.3, -0.25) is 9.59 Å². The molecule has 0 fully saturated rings. The number of esters is 1. The smallest absolute Gasteiger partial charge is 0.306 e. The molecule has 4 nitrogen and oxygen atoms in total. The predicted molar refractivity (Wildman–Crippen MR) is 181 cm³/mol. The molecular formula is C38H64O4. The fourth-order valence-electron chi connectivity index (χ4n) is 4.75. The number of allylic oxidation sites excluding steroid dienone is 10. The maximum absolute atomic E-state index is 12.5. The number of carboxylic acid groups (broad SMARTS) is 1. The molecule has 240 valence electrons. The molecule has 0 rings (SSSR count). The maximum atomic E-state index is 12.5. The number of carboxylic acids is 1. The number of rotatable bonds is 30. The molecule has 1 atom stereocenters. The molecule has 1 unspecified atom stereocenters. The van der Waals surface area contributed by atoms with Gasteiger partial charge in [0, 0.05) is 12.8 Å². The van der Waals surface area contributed by atoms with Crippen LogP contribution in [0.4, 0.5) is 0 Å². The van der Waals surface area contributed by atoms with E-state index in [1.165, 1.54) is 44.9 Å². The molecule has 0 amide bonds. The van der Waals surface area contributed by atoms with Crippen molar-refractivity contribution in [3.8, 4) is 0 Å². The maximum Gasteiger partial charge on any atom is 0.306 e. The summed E-state index contributed by atoms with van der Waals surface area (Å²) in [5.41, 5.74) is 0. The number of carbonyl (C=O) groups is 2. The monoisotopic (exact) mass is 584 g/mol. The first kappa shape index (κ1) is 39.6. The van der Waals surface area contributed by atoms with Crippen LogP contribution in [-0.2, 0) is 14.3 Å². The van der Waals surface area contributed by atoms with Gasteiger partial charge in [-0.25, -0.2) is 0 Å². The van der Waals surface area contributed by atoms with E-state index in [0.717, 1.165) is 89.9 Å². The Balaban J connectivity index is 4.12. The molecule has 0 aromatic carbocycles. The van der Waals surface area contributed by atoms with E-state index in [9.17, 15) is 9.59 Å². The molecule has 0 bridgehead atoms. The Kier molecular flexibility index (Phi) is 31.3. The van der Waals surface area contributed by atoms with E-state index in [4.69, 9.17) is 9.84 Å². The van der Waals surface area contributed by atoms with Gasteiger partial charge in [0.05, 0.1) is 0 Å². The summed E-state index contributed by atoms with van der Waals surface area (Å²) in [6.45, 7) is 4.40. The molecular weight excluding hydrogens is 520 g/mol. The van der Waals surface area contributed by atoms with E-state index in [0.29, 0.717) is 6.42 Å². The molecule has 1 N–H and O–H groups in total. The lowest BCUT2D eigenvalue weighted by Crippen LogP contribution is -2.18. The highest BCUT2D eigenvalue weighted by Gasteiger charge is 2.14. The van der Waals surface area contributed by atoms with Crippen LogP contribution in [0.25, 0.3) is 0 Å². The van der Waals surface area contributed by atoms with Crippen LogP contribution in [0.15, 0.2) is 60.8 Å². The van der Waals surface area contributed by atoms with Gasteiger partial charge in [0.2, 0.25) is 0 Å². The highest BCUT2D eigenvalue weighted by atomic mass is 16.5. The van der Waals surface area contributed by atoms with Crippen molar-refractivity contribution in [3.05, 3.63) is 60.8 Å². The zero-order valence-corrected chi connectivity index (χ0v) is 27.3. The first-order chi connectivity index (χ1) is 20.6. The summed E-state index contributed by atoms with van der Waals surface area (Å²) in [5.74, 6) is -0.793. The van der Waals surface area contributed by atoms with E-state index in [2.05, 4.69) is 74.6 Å². The number of hydrogen-bond donors (Lipinski definition) is 1. The third-order valence-electron chi connectivity index (χ3n) is 7.25. The zero-order valence-electron chi connectivity index (χ0n) is 27.3. The van der Waals surface area contributed by atoms with E-state index >= 15 is 0 Å². The molecule has 0 aromatic rings. The van der Waals surface area contributed by atoms with Gasteiger partial charge in [-0.2, -0.15) is 0 Å². The van der Waals surface area contributed by atoms with Crippen molar-refractivity contribution in [2.24, 2.45) is 0 Å². The fraction of sp³-hybridized carbons (Fsp3) is 0.684. The molecule has 0 spiro atoms. The van der Waals surface area contributed by atoms with Crippen LogP contribution in [0.5, 0.6) is 0 Å². The summed E-state index contributed by atoms with van der Waals surface area (Å²) in [5, 5.41) is 8.80. The Labute approximate surface area is 259 Å². The minimum atomic E-state index is -0.721. The van der Waals surface area contributed by atoms with Gasteiger partial charge in [0.15, 0.2) is 0 Å². The molecule has 4 heteroatoms. The summed E-state index contributed by atoms with van der Waals surface area (Å²) < 4.78 is 5.90. The van der Waals surface area contributed by atoms with Crippen molar-refractivity contribution in [3.63, 3.8) is 0 Å². The minimum Gasteiger partial charge on any atom is -0.481 e. The van der Waals surface area contributed by atoms with Crippen molar-refractivity contribution in [2.75, 3.05) is 0 Å². The standard InChI is InChI=1S/C38H64O4/c1-3-5-7-9-11-13-14-15-16-17-18-19-20-21-23-25-31-35-38(41)42-36(33-29-26-27-30-34-37(39)40)32-28-24-22-12-10-8-6-4-2/h5,7,11,13,15-16,18-19,21,23,36H,3-4,6,8-10,12,14,17,20,22,24-35H2,1-2H3,(H,39,40)/b7-5-,13-11-,16-15-,19-18-,23-21-.